The Kier molecular flexibility index (Phi) is 6.76. The molecule has 0 unspecified atom stereocenters. The van der Waals surface area contributed by atoms with Crippen LogP contribution in [0.25, 0.3) is 0 Å². The number of piperidine rings is 2. The van der Waals surface area contributed by atoms with E-state index in [2.05, 4.69) is 28.9 Å². The molecular formula is C21H34N2O3. The first-order chi connectivity index (χ1) is 12.6. The highest BCUT2D eigenvalue weighted by Crippen LogP contribution is 2.40. The Labute approximate surface area is 157 Å². The molecule has 3 rings (SSSR count). The number of hydrogen-bond acceptors (Lipinski definition) is 4. The van der Waals surface area contributed by atoms with Crippen molar-refractivity contribution >= 4 is 5.91 Å². The lowest BCUT2D eigenvalue weighted by molar-refractivity contribution is -0.139. The van der Waals surface area contributed by atoms with E-state index in [1.807, 2.05) is 0 Å². The molecule has 1 spiro atoms. The zero-order valence-electron chi connectivity index (χ0n) is 16.5. The minimum absolute atomic E-state index is 0.327. The van der Waals surface area contributed by atoms with Gasteiger partial charge in [-0.3, -0.25) is 9.69 Å². The third-order valence-corrected chi connectivity index (χ3v) is 6.03. The van der Waals surface area contributed by atoms with Gasteiger partial charge in [0.1, 0.15) is 11.5 Å². The topological polar surface area (TPSA) is 45.9 Å². The van der Waals surface area contributed by atoms with E-state index >= 15 is 0 Å². The van der Waals surface area contributed by atoms with Gasteiger partial charge in [-0.25, -0.2) is 0 Å². The standard InChI is InChI=1S/C21H34N2O3/c1-3-5-18-6-7-19(26-18)16-22-13-10-21(11-14-22)9-8-20(24)23(17-21)12-4-15-25-2/h6-7H,3-5,8-17H2,1-2H3. The number of hydrogen-bond donors (Lipinski definition) is 0. The van der Waals surface area contributed by atoms with Gasteiger partial charge in [-0.05, 0) is 62.7 Å². The van der Waals surface area contributed by atoms with E-state index in [0.29, 0.717) is 17.7 Å². The first kappa shape index (κ1) is 19.4. The lowest BCUT2D eigenvalue weighted by atomic mass is 9.72. The maximum Gasteiger partial charge on any atom is 0.222 e. The monoisotopic (exact) mass is 362 g/mol. The van der Waals surface area contributed by atoms with Gasteiger partial charge < -0.3 is 14.1 Å². The van der Waals surface area contributed by atoms with Crippen LogP contribution >= 0.6 is 0 Å². The summed E-state index contributed by atoms with van der Waals surface area (Å²) >= 11 is 0. The summed E-state index contributed by atoms with van der Waals surface area (Å²) in [5.74, 6) is 2.52. The largest absolute Gasteiger partial charge is 0.465 e. The molecule has 5 heteroatoms. The second-order valence-corrected chi connectivity index (χ2v) is 8.06. The van der Waals surface area contributed by atoms with E-state index in [4.69, 9.17) is 9.15 Å². The number of likely N-dealkylation sites (tertiary alicyclic amines) is 2. The molecule has 0 saturated carbocycles. The number of carbonyl (C=O) groups is 1. The third-order valence-electron chi connectivity index (χ3n) is 6.03. The molecule has 0 N–H and O–H groups in total. The van der Waals surface area contributed by atoms with Gasteiger partial charge in [0.15, 0.2) is 0 Å². The van der Waals surface area contributed by atoms with Gasteiger partial charge in [-0.2, -0.15) is 0 Å². The van der Waals surface area contributed by atoms with Crippen molar-refractivity contribution in [2.24, 2.45) is 5.41 Å². The normalized spacial score (nSPS) is 20.8. The van der Waals surface area contributed by atoms with Crippen LogP contribution in [0.15, 0.2) is 16.5 Å². The molecule has 0 bridgehead atoms. The summed E-state index contributed by atoms with van der Waals surface area (Å²) < 4.78 is 11.1. The number of nitrogens with zero attached hydrogens (tertiary/aromatic N) is 2. The van der Waals surface area contributed by atoms with Crippen molar-refractivity contribution in [3.8, 4) is 0 Å². The Hall–Kier alpha value is -1.33. The molecule has 1 aromatic heterocycles. The van der Waals surface area contributed by atoms with E-state index in [9.17, 15) is 4.79 Å². The number of methoxy groups -OCH3 is 1. The Morgan fingerprint density at radius 3 is 2.69 bits per heavy atom. The van der Waals surface area contributed by atoms with Gasteiger partial charge in [0, 0.05) is 39.6 Å². The SMILES string of the molecule is CCCc1ccc(CN2CCC3(CCC(=O)N(CCCOC)C3)CC2)o1. The predicted octanol–water partition coefficient (Wildman–Crippen LogP) is 3.47. The van der Waals surface area contributed by atoms with E-state index in [1.165, 1.54) is 12.8 Å². The summed E-state index contributed by atoms with van der Waals surface area (Å²) in [5, 5.41) is 0. The molecule has 2 saturated heterocycles. The molecular weight excluding hydrogens is 328 g/mol. The smallest absolute Gasteiger partial charge is 0.222 e. The van der Waals surface area contributed by atoms with Crippen molar-refractivity contribution in [1.82, 2.24) is 9.80 Å². The molecule has 3 heterocycles. The summed E-state index contributed by atoms with van der Waals surface area (Å²) in [6, 6.07) is 4.25. The quantitative estimate of drug-likeness (QED) is 0.664. The number of carbonyl (C=O) groups excluding carboxylic acids is 1. The Balaban J connectivity index is 1.49. The lowest BCUT2D eigenvalue weighted by Crippen LogP contribution is -2.51. The zero-order valence-corrected chi connectivity index (χ0v) is 16.5. The highest BCUT2D eigenvalue weighted by atomic mass is 16.5. The number of aryl methyl sites for hydroxylation is 1. The number of rotatable bonds is 8. The van der Waals surface area contributed by atoms with Gasteiger partial charge in [0.05, 0.1) is 6.54 Å². The van der Waals surface area contributed by atoms with Crippen molar-refractivity contribution in [3.63, 3.8) is 0 Å². The van der Waals surface area contributed by atoms with Gasteiger partial charge in [-0.15, -0.1) is 0 Å². The van der Waals surface area contributed by atoms with Crippen LogP contribution in [0, 0.1) is 5.41 Å². The third kappa shape index (κ3) is 4.89. The highest BCUT2D eigenvalue weighted by molar-refractivity contribution is 5.77. The Morgan fingerprint density at radius 1 is 1.19 bits per heavy atom. The summed E-state index contributed by atoms with van der Waals surface area (Å²) in [7, 11) is 1.72. The molecule has 0 atom stereocenters. The molecule has 2 aliphatic rings. The molecule has 1 aromatic rings. The summed E-state index contributed by atoms with van der Waals surface area (Å²) in [6.07, 6.45) is 7.22. The summed E-state index contributed by atoms with van der Waals surface area (Å²) in [5.41, 5.74) is 0.327. The molecule has 0 aromatic carbocycles. The fourth-order valence-corrected chi connectivity index (χ4v) is 4.41. The van der Waals surface area contributed by atoms with E-state index in [-0.39, 0.29) is 0 Å². The van der Waals surface area contributed by atoms with E-state index < -0.39 is 0 Å². The molecule has 0 aliphatic carbocycles. The number of furan rings is 1. The minimum Gasteiger partial charge on any atom is -0.465 e. The molecule has 2 fully saturated rings. The zero-order chi connectivity index (χ0) is 18.4. The van der Waals surface area contributed by atoms with Gasteiger partial charge >= 0.3 is 0 Å². The van der Waals surface area contributed by atoms with Crippen LogP contribution < -0.4 is 0 Å². The van der Waals surface area contributed by atoms with Crippen LogP contribution in [0.5, 0.6) is 0 Å². The van der Waals surface area contributed by atoms with E-state index in [1.54, 1.807) is 7.11 Å². The van der Waals surface area contributed by atoms with Crippen molar-refractivity contribution in [2.75, 3.05) is 39.9 Å². The maximum atomic E-state index is 12.2. The second-order valence-electron chi connectivity index (χ2n) is 8.06. The minimum atomic E-state index is 0.327. The van der Waals surface area contributed by atoms with Crippen molar-refractivity contribution in [3.05, 3.63) is 23.7 Å². The fraction of sp³-hybridized carbons (Fsp3) is 0.762. The Bertz CT molecular complexity index is 576. The lowest BCUT2D eigenvalue weighted by Gasteiger charge is -2.47. The predicted molar refractivity (Wildman–Crippen MR) is 102 cm³/mol. The maximum absolute atomic E-state index is 12.2. The fourth-order valence-electron chi connectivity index (χ4n) is 4.41. The first-order valence-electron chi connectivity index (χ1n) is 10.2. The summed E-state index contributed by atoms with van der Waals surface area (Å²) in [4.78, 5) is 16.8. The summed E-state index contributed by atoms with van der Waals surface area (Å²) in [6.45, 7) is 7.80. The van der Waals surface area contributed by atoms with Crippen molar-refractivity contribution in [1.29, 1.82) is 0 Å². The molecule has 5 nitrogen and oxygen atoms in total. The average molecular weight is 363 g/mol. The molecule has 2 aliphatic heterocycles. The van der Waals surface area contributed by atoms with E-state index in [0.717, 1.165) is 76.5 Å². The number of amides is 1. The van der Waals surface area contributed by atoms with Crippen LogP contribution in [0.3, 0.4) is 0 Å². The van der Waals surface area contributed by atoms with Crippen molar-refractivity contribution < 1.29 is 13.9 Å². The van der Waals surface area contributed by atoms with Crippen LogP contribution in [0.1, 0.15) is 57.0 Å². The van der Waals surface area contributed by atoms with Crippen LogP contribution in [-0.2, 0) is 22.5 Å². The average Bonchev–Trinajstić information content (AvgIpc) is 3.08. The van der Waals surface area contributed by atoms with Gasteiger partial charge in [0.25, 0.3) is 0 Å². The van der Waals surface area contributed by atoms with Crippen LogP contribution in [-0.4, -0.2) is 55.6 Å². The number of ether oxygens (including phenoxy) is 1. The van der Waals surface area contributed by atoms with Crippen LogP contribution in [0.4, 0.5) is 0 Å². The van der Waals surface area contributed by atoms with Crippen molar-refractivity contribution in [2.45, 2.75) is 58.4 Å². The van der Waals surface area contributed by atoms with Gasteiger partial charge in [0.2, 0.25) is 5.91 Å². The second kappa shape index (κ2) is 9.05. The van der Waals surface area contributed by atoms with Gasteiger partial charge in [-0.1, -0.05) is 6.92 Å². The first-order valence-corrected chi connectivity index (χ1v) is 10.2. The molecule has 26 heavy (non-hydrogen) atoms. The molecule has 0 radical (unpaired) electrons. The molecule has 146 valence electrons. The Morgan fingerprint density at radius 2 is 1.96 bits per heavy atom. The van der Waals surface area contributed by atoms with Crippen LogP contribution in [0.2, 0.25) is 0 Å². The highest BCUT2D eigenvalue weighted by Gasteiger charge is 2.40. The molecule has 1 amide bonds.